The lowest BCUT2D eigenvalue weighted by Gasteiger charge is -2.30. The molecular weight excluding hydrogens is 361 g/mol. The van der Waals surface area contributed by atoms with Gasteiger partial charge in [-0.25, -0.2) is 0 Å². The summed E-state index contributed by atoms with van der Waals surface area (Å²) >= 11 is 0. The van der Waals surface area contributed by atoms with Crippen LogP contribution in [0.5, 0.6) is 5.75 Å². The molecule has 0 radical (unpaired) electrons. The summed E-state index contributed by atoms with van der Waals surface area (Å²) in [5, 5.41) is 0. The summed E-state index contributed by atoms with van der Waals surface area (Å²) in [5.74, 6) is 1.56. The molecule has 0 saturated heterocycles. The molecule has 2 aliphatic rings. The van der Waals surface area contributed by atoms with Gasteiger partial charge in [-0.15, -0.1) is 13.2 Å². The number of rotatable bonds is 7. The van der Waals surface area contributed by atoms with Crippen LogP contribution in [0.4, 0.5) is 13.2 Å². The number of halogens is 3. The zero-order valence-electron chi connectivity index (χ0n) is 17.2. The number of ether oxygens (including phenoxy) is 1. The molecule has 0 atom stereocenters. The van der Waals surface area contributed by atoms with Gasteiger partial charge in [0.2, 0.25) is 0 Å². The van der Waals surface area contributed by atoms with Gasteiger partial charge in [0.25, 0.3) is 0 Å². The van der Waals surface area contributed by atoms with E-state index in [1.54, 1.807) is 6.07 Å². The normalized spacial score (nSPS) is 24.3. The predicted molar refractivity (Wildman–Crippen MR) is 108 cm³/mol. The average molecular weight is 397 g/mol. The average Bonchev–Trinajstić information content (AvgIpc) is 2.69. The third-order valence-corrected chi connectivity index (χ3v) is 6.84. The minimum atomic E-state index is -4.62. The smallest absolute Gasteiger partial charge is 0.405 e. The lowest BCUT2D eigenvalue weighted by molar-refractivity contribution is -0.275. The highest BCUT2D eigenvalue weighted by Gasteiger charge is 2.34. The first-order valence-electron chi connectivity index (χ1n) is 11.4. The van der Waals surface area contributed by atoms with E-state index in [4.69, 9.17) is 0 Å². The first-order valence-corrected chi connectivity index (χ1v) is 11.4. The van der Waals surface area contributed by atoms with E-state index < -0.39 is 6.36 Å². The Hall–Kier alpha value is -1.19. The topological polar surface area (TPSA) is 9.23 Å². The summed E-state index contributed by atoms with van der Waals surface area (Å²) in [6.07, 6.45) is 10.8. The second kappa shape index (κ2) is 10.0. The van der Waals surface area contributed by atoms with Crippen molar-refractivity contribution in [3.8, 4) is 5.75 Å². The van der Waals surface area contributed by atoms with Gasteiger partial charge >= 0.3 is 6.36 Å². The van der Waals surface area contributed by atoms with Crippen molar-refractivity contribution in [3.63, 3.8) is 0 Å². The molecular formula is C24H35F3O. The highest BCUT2D eigenvalue weighted by molar-refractivity contribution is 5.41. The molecule has 1 aromatic carbocycles. The van der Waals surface area contributed by atoms with Crippen molar-refractivity contribution in [1.29, 1.82) is 0 Å². The predicted octanol–water partition coefficient (Wildman–Crippen LogP) is 8.49. The van der Waals surface area contributed by atoms with Crippen LogP contribution in [0.15, 0.2) is 18.2 Å². The molecule has 0 aromatic heterocycles. The van der Waals surface area contributed by atoms with Crippen molar-refractivity contribution < 1.29 is 17.9 Å². The Morgan fingerprint density at radius 2 is 1.61 bits per heavy atom. The summed E-state index contributed by atoms with van der Waals surface area (Å²) in [6, 6.07) is 5.52. The molecule has 4 heteroatoms. The van der Waals surface area contributed by atoms with Gasteiger partial charge in [0.15, 0.2) is 0 Å². The Bertz CT molecular complexity index is 596. The van der Waals surface area contributed by atoms with Crippen molar-refractivity contribution in [2.24, 2.45) is 5.92 Å². The van der Waals surface area contributed by atoms with E-state index in [9.17, 15) is 13.2 Å². The van der Waals surface area contributed by atoms with E-state index in [0.717, 1.165) is 37.2 Å². The molecule has 158 valence electrons. The lowest BCUT2D eigenvalue weighted by atomic mass is 9.75. The summed E-state index contributed by atoms with van der Waals surface area (Å²) in [4.78, 5) is 0. The molecule has 3 rings (SSSR count). The molecule has 0 aliphatic heterocycles. The fourth-order valence-corrected chi connectivity index (χ4v) is 5.24. The second-order valence-corrected chi connectivity index (χ2v) is 8.89. The Kier molecular flexibility index (Phi) is 7.70. The molecule has 2 aliphatic carbocycles. The molecule has 0 spiro atoms. The second-order valence-electron chi connectivity index (χ2n) is 8.89. The van der Waals surface area contributed by atoms with E-state index in [1.165, 1.54) is 63.4 Å². The maximum absolute atomic E-state index is 12.9. The fraction of sp³-hybridized carbons (Fsp3) is 0.750. The Morgan fingerprint density at radius 3 is 2.25 bits per heavy atom. The molecule has 0 unspecified atom stereocenters. The Morgan fingerprint density at radius 1 is 0.893 bits per heavy atom. The van der Waals surface area contributed by atoms with Crippen molar-refractivity contribution >= 4 is 0 Å². The third-order valence-electron chi connectivity index (χ3n) is 6.84. The van der Waals surface area contributed by atoms with Gasteiger partial charge in [0, 0.05) is 0 Å². The van der Waals surface area contributed by atoms with Crippen LogP contribution < -0.4 is 4.74 Å². The van der Waals surface area contributed by atoms with Crippen LogP contribution in [0.1, 0.15) is 113 Å². The van der Waals surface area contributed by atoms with Crippen LogP contribution >= 0.6 is 0 Å². The Labute approximate surface area is 168 Å². The Balaban J connectivity index is 1.70. The summed E-state index contributed by atoms with van der Waals surface area (Å²) < 4.78 is 43.1. The summed E-state index contributed by atoms with van der Waals surface area (Å²) in [5.41, 5.74) is 2.02. The molecule has 1 nitrogen and oxygen atoms in total. The van der Waals surface area contributed by atoms with Crippen molar-refractivity contribution in [2.45, 2.75) is 109 Å². The highest BCUT2D eigenvalue weighted by atomic mass is 19.4. The molecule has 0 heterocycles. The summed E-state index contributed by atoms with van der Waals surface area (Å²) in [6.45, 7) is 2.24. The SMILES string of the molecule is CCCCCC1CCC(c2ccc(OC(F)(F)F)c(C3CCCCC3)c2)CC1. The minimum Gasteiger partial charge on any atom is -0.405 e. The van der Waals surface area contributed by atoms with Crippen LogP contribution in [0.3, 0.4) is 0 Å². The first-order chi connectivity index (χ1) is 13.5. The highest BCUT2D eigenvalue weighted by Crippen LogP contribution is 2.43. The molecule has 0 N–H and O–H groups in total. The van der Waals surface area contributed by atoms with Gasteiger partial charge < -0.3 is 4.74 Å². The van der Waals surface area contributed by atoms with E-state index in [-0.39, 0.29) is 11.7 Å². The van der Waals surface area contributed by atoms with Crippen molar-refractivity contribution in [2.75, 3.05) is 0 Å². The molecule has 1 aromatic rings. The number of hydrogen-bond donors (Lipinski definition) is 0. The zero-order valence-corrected chi connectivity index (χ0v) is 17.2. The maximum atomic E-state index is 12.9. The van der Waals surface area contributed by atoms with E-state index in [2.05, 4.69) is 17.7 Å². The molecule has 2 saturated carbocycles. The minimum absolute atomic E-state index is 0.0244. The van der Waals surface area contributed by atoms with Crippen LogP contribution in [-0.2, 0) is 0 Å². The zero-order chi connectivity index (χ0) is 20.0. The molecule has 28 heavy (non-hydrogen) atoms. The van der Waals surface area contributed by atoms with E-state index in [0.29, 0.717) is 5.92 Å². The lowest BCUT2D eigenvalue weighted by Crippen LogP contribution is -2.20. The largest absolute Gasteiger partial charge is 0.573 e. The van der Waals surface area contributed by atoms with Gasteiger partial charge in [0.05, 0.1) is 0 Å². The fourth-order valence-electron chi connectivity index (χ4n) is 5.24. The van der Waals surface area contributed by atoms with E-state index >= 15 is 0 Å². The summed E-state index contributed by atoms with van der Waals surface area (Å²) in [7, 11) is 0. The molecule has 0 bridgehead atoms. The van der Waals surface area contributed by atoms with Gasteiger partial charge in [0.1, 0.15) is 5.75 Å². The van der Waals surface area contributed by atoms with Crippen LogP contribution in [-0.4, -0.2) is 6.36 Å². The molecule has 0 amide bonds. The number of alkyl halides is 3. The number of benzene rings is 1. The number of unbranched alkanes of at least 4 members (excludes halogenated alkanes) is 2. The third kappa shape index (κ3) is 6.15. The van der Waals surface area contributed by atoms with Crippen LogP contribution in [0.2, 0.25) is 0 Å². The van der Waals surface area contributed by atoms with Crippen LogP contribution in [0, 0.1) is 5.92 Å². The maximum Gasteiger partial charge on any atom is 0.573 e. The van der Waals surface area contributed by atoms with Crippen molar-refractivity contribution in [1.82, 2.24) is 0 Å². The monoisotopic (exact) mass is 396 g/mol. The van der Waals surface area contributed by atoms with Gasteiger partial charge in [-0.2, -0.15) is 0 Å². The quantitative estimate of drug-likeness (QED) is 0.420. The van der Waals surface area contributed by atoms with Gasteiger partial charge in [-0.1, -0.05) is 64.0 Å². The number of hydrogen-bond acceptors (Lipinski definition) is 1. The van der Waals surface area contributed by atoms with Gasteiger partial charge in [-0.05, 0) is 73.5 Å². The first kappa shape index (κ1) is 21.5. The standard InChI is InChI=1S/C24H35F3O/c1-2-3-5-8-18-11-13-19(14-12-18)21-15-16-23(28-24(25,26)27)22(17-21)20-9-6-4-7-10-20/h15-20H,2-14H2,1H3. The van der Waals surface area contributed by atoms with E-state index in [1.807, 2.05) is 6.07 Å². The molecule has 2 fully saturated rings. The van der Waals surface area contributed by atoms with Crippen molar-refractivity contribution in [3.05, 3.63) is 29.3 Å². The van der Waals surface area contributed by atoms with Gasteiger partial charge in [-0.3, -0.25) is 0 Å². The van der Waals surface area contributed by atoms with Crippen LogP contribution in [0.25, 0.3) is 0 Å².